The molecule has 28 heavy (non-hydrogen) atoms. The summed E-state index contributed by atoms with van der Waals surface area (Å²) in [6, 6.07) is 0. The van der Waals surface area contributed by atoms with E-state index in [4.69, 9.17) is 4.55 Å². The number of carbonyl (C=O) groups is 6. The van der Waals surface area contributed by atoms with Crippen molar-refractivity contribution in [2.45, 2.75) is 37.9 Å². The molecule has 4 amide bonds. The van der Waals surface area contributed by atoms with Crippen molar-refractivity contribution in [3.8, 4) is 0 Å². The van der Waals surface area contributed by atoms with Gasteiger partial charge in [-0.25, -0.2) is 13.8 Å². The molecule has 2 N–H and O–H groups in total. The highest BCUT2D eigenvalue weighted by Crippen LogP contribution is 2.17. The monoisotopic (exact) mass is 424 g/mol. The standard InChI is InChI=1S/C12H12N2O13S/c15-5-1-2-6(16)13(5)25-11(20)9(19)10(27-28(22,23)24)12(21)26-14-7(17)3-4-8(14)18/h9-10,19H,1-4H2,(H,22,23,24). The van der Waals surface area contributed by atoms with Crippen LogP contribution in [-0.4, -0.2) is 76.0 Å². The number of carbonyl (C=O) groups excluding carboxylic acids is 6. The SMILES string of the molecule is O=C(ON1C(=O)CCC1=O)C(O)C(OS(=O)(=O)O)C(=O)ON1C(=O)CCC1=O. The van der Waals surface area contributed by atoms with Gasteiger partial charge in [0.05, 0.1) is 0 Å². The Morgan fingerprint density at radius 2 is 1.18 bits per heavy atom. The van der Waals surface area contributed by atoms with E-state index >= 15 is 0 Å². The van der Waals surface area contributed by atoms with E-state index in [0.29, 0.717) is 0 Å². The van der Waals surface area contributed by atoms with Gasteiger partial charge in [-0.2, -0.15) is 8.42 Å². The van der Waals surface area contributed by atoms with Crippen molar-refractivity contribution in [2.24, 2.45) is 0 Å². The van der Waals surface area contributed by atoms with Gasteiger partial charge in [0.2, 0.25) is 6.10 Å². The molecule has 2 heterocycles. The molecule has 2 aliphatic heterocycles. The van der Waals surface area contributed by atoms with E-state index in [1.165, 1.54) is 0 Å². The largest absolute Gasteiger partial charge is 0.398 e. The van der Waals surface area contributed by atoms with Gasteiger partial charge in [0.25, 0.3) is 23.6 Å². The smallest absolute Gasteiger partial charge is 0.378 e. The van der Waals surface area contributed by atoms with Crippen LogP contribution >= 0.6 is 0 Å². The Kier molecular flexibility index (Phi) is 6.07. The first-order valence-electron chi connectivity index (χ1n) is 7.39. The van der Waals surface area contributed by atoms with Crippen LogP contribution in [0, 0.1) is 0 Å². The highest BCUT2D eigenvalue weighted by Gasteiger charge is 2.45. The second kappa shape index (κ2) is 7.97. The zero-order chi connectivity index (χ0) is 21.2. The van der Waals surface area contributed by atoms with Crippen molar-refractivity contribution < 1.29 is 60.7 Å². The van der Waals surface area contributed by atoms with Crippen molar-refractivity contribution in [1.29, 1.82) is 0 Å². The van der Waals surface area contributed by atoms with E-state index in [2.05, 4.69) is 13.9 Å². The highest BCUT2D eigenvalue weighted by atomic mass is 32.3. The molecule has 0 aliphatic carbocycles. The van der Waals surface area contributed by atoms with Crippen LogP contribution in [0.5, 0.6) is 0 Å². The molecule has 2 rings (SSSR count). The number of aliphatic hydroxyl groups is 1. The fourth-order valence-corrected chi connectivity index (χ4v) is 2.52. The quantitative estimate of drug-likeness (QED) is 0.304. The molecule has 2 fully saturated rings. The molecule has 0 aromatic carbocycles. The molecule has 0 aromatic heterocycles. The molecule has 16 heteroatoms. The molecule has 0 radical (unpaired) electrons. The van der Waals surface area contributed by atoms with Crippen molar-refractivity contribution in [1.82, 2.24) is 10.1 Å². The molecule has 0 saturated carbocycles. The Labute approximate surface area is 155 Å². The van der Waals surface area contributed by atoms with Gasteiger partial charge in [0.1, 0.15) is 0 Å². The Balaban J connectivity index is 2.16. The van der Waals surface area contributed by atoms with E-state index in [1.54, 1.807) is 0 Å². The van der Waals surface area contributed by atoms with Gasteiger partial charge < -0.3 is 14.8 Å². The van der Waals surface area contributed by atoms with Crippen LogP contribution in [0.25, 0.3) is 0 Å². The first-order chi connectivity index (χ1) is 12.9. The van der Waals surface area contributed by atoms with E-state index in [9.17, 15) is 42.3 Å². The fourth-order valence-electron chi connectivity index (χ4n) is 2.08. The van der Waals surface area contributed by atoms with Crippen molar-refractivity contribution in [2.75, 3.05) is 0 Å². The van der Waals surface area contributed by atoms with Crippen molar-refractivity contribution in [3.05, 3.63) is 0 Å². The molecule has 154 valence electrons. The topological polar surface area (TPSA) is 211 Å². The summed E-state index contributed by atoms with van der Waals surface area (Å²) in [7, 11) is -5.46. The van der Waals surface area contributed by atoms with Gasteiger partial charge in [0, 0.05) is 25.7 Å². The molecule has 2 atom stereocenters. The van der Waals surface area contributed by atoms with Crippen LogP contribution in [0.1, 0.15) is 25.7 Å². The summed E-state index contributed by atoms with van der Waals surface area (Å²) in [5.74, 6) is -7.69. The number of imide groups is 2. The summed E-state index contributed by atoms with van der Waals surface area (Å²) in [6.07, 6.45) is -6.91. The number of hydrogen-bond donors (Lipinski definition) is 2. The fraction of sp³-hybridized carbons (Fsp3) is 0.500. The molecule has 15 nitrogen and oxygen atoms in total. The van der Waals surface area contributed by atoms with E-state index in [0.717, 1.165) is 0 Å². The summed E-state index contributed by atoms with van der Waals surface area (Å²) in [5, 5.41) is 9.77. The van der Waals surface area contributed by atoms with Gasteiger partial charge in [-0.1, -0.05) is 0 Å². The van der Waals surface area contributed by atoms with Crippen LogP contribution in [-0.2, 0) is 53.0 Å². The second-order valence-electron chi connectivity index (χ2n) is 5.37. The molecular weight excluding hydrogens is 412 g/mol. The molecule has 0 aromatic rings. The maximum Gasteiger partial charge on any atom is 0.398 e. The van der Waals surface area contributed by atoms with Crippen LogP contribution < -0.4 is 0 Å². The lowest BCUT2D eigenvalue weighted by Crippen LogP contribution is -2.49. The average molecular weight is 424 g/mol. The lowest BCUT2D eigenvalue weighted by molar-refractivity contribution is -0.214. The Hall–Kier alpha value is -2.95. The summed E-state index contributed by atoms with van der Waals surface area (Å²) in [5.41, 5.74) is 0. The van der Waals surface area contributed by atoms with Gasteiger partial charge in [-0.15, -0.1) is 10.1 Å². The van der Waals surface area contributed by atoms with Crippen molar-refractivity contribution >= 4 is 46.0 Å². The number of amides is 4. The minimum atomic E-state index is -5.46. The van der Waals surface area contributed by atoms with Gasteiger partial charge in [-0.3, -0.25) is 23.7 Å². The Morgan fingerprint density at radius 1 is 0.821 bits per heavy atom. The maximum atomic E-state index is 12.0. The highest BCUT2D eigenvalue weighted by molar-refractivity contribution is 7.80. The van der Waals surface area contributed by atoms with E-state index < -0.39 is 58.2 Å². The first-order valence-corrected chi connectivity index (χ1v) is 8.76. The number of nitrogens with zero attached hydrogens (tertiary/aromatic N) is 2. The van der Waals surface area contributed by atoms with Crippen LogP contribution in [0.2, 0.25) is 0 Å². The number of aliphatic hydroxyl groups excluding tert-OH is 1. The third-order valence-electron chi connectivity index (χ3n) is 3.36. The van der Waals surface area contributed by atoms with Crippen LogP contribution in [0.15, 0.2) is 0 Å². The lowest BCUT2D eigenvalue weighted by atomic mass is 10.2. The van der Waals surface area contributed by atoms with Gasteiger partial charge in [0.15, 0.2) is 6.10 Å². The summed E-state index contributed by atoms with van der Waals surface area (Å²) in [6.45, 7) is 0. The normalized spacial score (nSPS) is 19.8. The number of hydroxylamine groups is 4. The van der Waals surface area contributed by atoms with E-state index in [-0.39, 0.29) is 35.8 Å². The second-order valence-corrected chi connectivity index (χ2v) is 6.42. The third kappa shape index (κ3) is 4.85. The zero-order valence-corrected chi connectivity index (χ0v) is 14.5. The third-order valence-corrected chi connectivity index (χ3v) is 3.81. The van der Waals surface area contributed by atoms with Gasteiger partial charge >= 0.3 is 22.3 Å². The number of hydrogen-bond acceptors (Lipinski definition) is 12. The molecular formula is C12H12N2O13S. The van der Waals surface area contributed by atoms with Crippen LogP contribution in [0.3, 0.4) is 0 Å². The van der Waals surface area contributed by atoms with Crippen molar-refractivity contribution in [3.63, 3.8) is 0 Å². The predicted octanol–water partition coefficient (Wildman–Crippen LogP) is -3.25. The molecule has 2 saturated heterocycles. The number of rotatable bonds is 7. The average Bonchev–Trinajstić information content (AvgIpc) is 3.08. The summed E-state index contributed by atoms with van der Waals surface area (Å²) < 4.78 is 34.3. The molecule has 0 spiro atoms. The molecule has 2 aliphatic rings. The Bertz CT molecular complexity index is 818. The summed E-state index contributed by atoms with van der Waals surface area (Å²) >= 11 is 0. The minimum absolute atomic E-state index is 0.0189. The van der Waals surface area contributed by atoms with Crippen LogP contribution in [0.4, 0.5) is 0 Å². The first kappa shape index (κ1) is 21.4. The summed E-state index contributed by atoms with van der Waals surface area (Å²) in [4.78, 5) is 78.1. The lowest BCUT2D eigenvalue weighted by Gasteiger charge is -2.22. The Morgan fingerprint density at radius 3 is 1.54 bits per heavy atom. The van der Waals surface area contributed by atoms with Gasteiger partial charge in [-0.05, 0) is 0 Å². The molecule has 0 bridgehead atoms. The van der Waals surface area contributed by atoms with E-state index in [1.807, 2.05) is 0 Å². The maximum absolute atomic E-state index is 12.0. The predicted molar refractivity (Wildman–Crippen MR) is 76.8 cm³/mol. The zero-order valence-electron chi connectivity index (χ0n) is 13.7. The minimum Gasteiger partial charge on any atom is -0.378 e. The molecule has 2 unspecified atom stereocenters.